The number of hydrogen-bond acceptors (Lipinski definition) is 7. The lowest BCUT2D eigenvalue weighted by molar-refractivity contribution is 0.102. The van der Waals surface area contributed by atoms with Crippen LogP contribution in [0.15, 0.2) is 71.8 Å². The fraction of sp³-hybridized carbons (Fsp3) is 0.148. The van der Waals surface area contributed by atoms with Gasteiger partial charge in [-0.1, -0.05) is 0 Å². The Hall–Kier alpha value is -4.97. The molecule has 0 fully saturated rings. The van der Waals surface area contributed by atoms with E-state index in [1.54, 1.807) is 6.07 Å². The van der Waals surface area contributed by atoms with Gasteiger partial charge in [-0.2, -0.15) is 14.9 Å². The van der Waals surface area contributed by atoms with E-state index in [1.807, 2.05) is 0 Å². The van der Waals surface area contributed by atoms with Crippen LogP contribution in [0.25, 0.3) is 16.7 Å². The van der Waals surface area contributed by atoms with E-state index in [0.29, 0.717) is 41.7 Å². The molecule has 1 amide bonds. The van der Waals surface area contributed by atoms with Gasteiger partial charge in [0.25, 0.3) is 11.5 Å². The first kappa shape index (κ1) is 25.7. The predicted molar refractivity (Wildman–Crippen MR) is 138 cm³/mol. The van der Waals surface area contributed by atoms with Gasteiger partial charge in [-0.15, -0.1) is 0 Å². The molecular weight excluding hydrogens is 510 g/mol. The van der Waals surface area contributed by atoms with Gasteiger partial charge in [0.2, 0.25) is 0 Å². The fourth-order valence-electron chi connectivity index (χ4n) is 3.98. The molecule has 10 nitrogen and oxygen atoms in total. The number of halogens is 2. The van der Waals surface area contributed by atoms with Gasteiger partial charge in [0.15, 0.2) is 17.2 Å². The van der Waals surface area contributed by atoms with Gasteiger partial charge in [0, 0.05) is 30.8 Å². The summed E-state index contributed by atoms with van der Waals surface area (Å²) in [4.78, 5) is 29.9. The number of fused-ring (bicyclic) bond motifs is 1. The molecule has 0 saturated carbocycles. The molecule has 0 aliphatic rings. The topological polar surface area (TPSA) is 135 Å². The van der Waals surface area contributed by atoms with Gasteiger partial charge < -0.3 is 15.2 Å². The number of rotatable bonds is 9. The molecule has 0 bridgehead atoms. The Balaban J connectivity index is 1.35. The van der Waals surface area contributed by atoms with Crippen molar-refractivity contribution in [3.63, 3.8) is 0 Å². The summed E-state index contributed by atoms with van der Waals surface area (Å²) >= 11 is 0. The van der Waals surface area contributed by atoms with Crippen molar-refractivity contribution in [1.82, 2.24) is 25.0 Å². The first-order valence-corrected chi connectivity index (χ1v) is 12.0. The number of aromatic amines is 1. The highest BCUT2D eigenvalue weighted by Gasteiger charge is 2.17. The summed E-state index contributed by atoms with van der Waals surface area (Å²) in [6, 6.07) is 11.8. The third kappa shape index (κ3) is 5.50. The van der Waals surface area contributed by atoms with E-state index in [1.165, 1.54) is 54.9 Å². The molecule has 39 heavy (non-hydrogen) atoms. The lowest BCUT2D eigenvalue weighted by Gasteiger charge is -2.11. The number of aryl methyl sites for hydroxylation is 1. The number of anilines is 1. The maximum atomic E-state index is 15.0. The zero-order valence-corrected chi connectivity index (χ0v) is 20.4. The van der Waals surface area contributed by atoms with E-state index in [-0.39, 0.29) is 29.3 Å². The number of amides is 1. The predicted octanol–water partition coefficient (Wildman–Crippen LogP) is 4.14. The van der Waals surface area contributed by atoms with Crippen molar-refractivity contribution in [2.45, 2.75) is 19.3 Å². The van der Waals surface area contributed by atoms with Crippen molar-refractivity contribution in [2.24, 2.45) is 0 Å². The summed E-state index contributed by atoms with van der Waals surface area (Å²) in [6.07, 6.45) is 4.67. The molecular formula is C27H22F2N6O4. The van der Waals surface area contributed by atoms with Crippen molar-refractivity contribution in [3.8, 4) is 17.2 Å². The van der Waals surface area contributed by atoms with Gasteiger partial charge in [-0.25, -0.2) is 13.8 Å². The van der Waals surface area contributed by atoms with Crippen LogP contribution in [-0.4, -0.2) is 42.6 Å². The van der Waals surface area contributed by atoms with Crippen LogP contribution in [0.1, 0.15) is 28.9 Å². The Morgan fingerprint density at radius 2 is 1.85 bits per heavy atom. The Morgan fingerprint density at radius 3 is 2.62 bits per heavy atom. The molecule has 0 aliphatic carbocycles. The summed E-state index contributed by atoms with van der Waals surface area (Å²) in [5.41, 5.74) is 0.598. The lowest BCUT2D eigenvalue weighted by Crippen LogP contribution is -2.29. The normalized spacial score (nSPS) is 11.1. The first-order chi connectivity index (χ1) is 18.9. The molecule has 12 heteroatoms. The van der Waals surface area contributed by atoms with Crippen molar-refractivity contribution >= 4 is 22.6 Å². The van der Waals surface area contributed by atoms with E-state index in [2.05, 4.69) is 25.6 Å². The van der Waals surface area contributed by atoms with Crippen molar-refractivity contribution < 1.29 is 23.4 Å². The third-order valence-corrected chi connectivity index (χ3v) is 5.89. The average Bonchev–Trinajstić information content (AvgIpc) is 3.35. The van der Waals surface area contributed by atoms with Crippen molar-refractivity contribution in [3.05, 3.63) is 100 Å². The average molecular weight is 533 g/mol. The summed E-state index contributed by atoms with van der Waals surface area (Å²) in [5, 5.41) is 23.2. The van der Waals surface area contributed by atoms with Gasteiger partial charge in [-0.3, -0.25) is 14.7 Å². The number of hydrogen-bond donors (Lipinski definition) is 3. The minimum Gasteiger partial charge on any atom is -0.453 e. The highest BCUT2D eigenvalue weighted by molar-refractivity contribution is 6.04. The molecule has 5 rings (SSSR count). The number of carbonyl (C=O) groups excluding carboxylic acids is 1. The number of aromatic nitrogens is 5. The highest BCUT2D eigenvalue weighted by atomic mass is 19.1. The number of carbonyl (C=O) groups is 1. The van der Waals surface area contributed by atoms with Crippen molar-refractivity contribution in [1.29, 1.82) is 0 Å². The number of benzene rings is 2. The highest BCUT2D eigenvalue weighted by Crippen LogP contribution is 2.33. The number of aliphatic hydroxyl groups is 1. The zero-order valence-electron chi connectivity index (χ0n) is 20.4. The molecule has 198 valence electrons. The first-order valence-electron chi connectivity index (χ1n) is 12.0. The number of ether oxygens (including phenoxy) is 1. The molecule has 0 aliphatic heterocycles. The van der Waals surface area contributed by atoms with Gasteiger partial charge in [0.05, 0.1) is 16.8 Å². The zero-order chi connectivity index (χ0) is 27.4. The quantitative estimate of drug-likeness (QED) is 0.243. The van der Waals surface area contributed by atoms with Gasteiger partial charge in [0.1, 0.15) is 17.1 Å². The summed E-state index contributed by atoms with van der Waals surface area (Å²) < 4.78 is 35.1. The van der Waals surface area contributed by atoms with Crippen LogP contribution < -0.4 is 15.6 Å². The standard InChI is InChI=1S/C27H22F2N6O4/c28-16-4-7-18(8-5-16)35-27(38)19(10-13-31-35)26(37)32-17-6-9-22(20(29)15-17)39-23-11-12-30-25-24(23)21(33-34-25)3-1-2-14-36/h4-13,15,36H,1-3,14H2,(H,32,37)(H,30,33,34). The Labute approximate surface area is 219 Å². The van der Waals surface area contributed by atoms with Crippen LogP contribution in [0.4, 0.5) is 14.5 Å². The summed E-state index contributed by atoms with van der Waals surface area (Å²) in [6.45, 7) is 0.0730. The maximum absolute atomic E-state index is 15.0. The molecule has 0 radical (unpaired) electrons. The number of pyridine rings is 1. The monoisotopic (exact) mass is 532 g/mol. The maximum Gasteiger partial charge on any atom is 0.284 e. The van der Waals surface area contributed by atoms with E-state index in [9.17, 15) is 14.0 Å². The van der Waals surface area contributed by atoms with Crippen LogP contribution in [0.3, 0.4) is 0 Å². The third-order valence-electron chi connectivity index (χ3n) is 5.89. The Kier molecular flexibility index (Phi) is 7.37. The molecule has 3 heterocycles. The van der Waals surface area contributed by atoms with E-state index in [4.69, 9.17) is 9.84 Å². The molecule has 0 saturated heterocycles. The molecule has 3 N–H and O–H groups in total. The summed E-state index contributed by atoms with van der Waals surface area (Å²) in [7, 11) is 0. The SMILES string of the molecule is O=C(Nc1ccc(Oc2ccnc3[nH]nc(CCCCO)c23)c(F)c1)c1ccnn(-c2ccc(F)cc2)c1=O. The number of nitrogens with one attached hydrogen (secondary N) is 2. The van der Waals surface area contributed by atoms with Gasteiger partial charge in [-0.05, 0) is 67.8 Å². The molecule has 5 aromatic rings. The van der Waals surface area contributed by atoms with Crippen molar-refractivity contribution in [2.75, 3.05) is 11.9 Å². The molecule has 3 aromatic heterocycles. The minimum atomic E-state index is -0.770. The molecule has 0 spiro atoms. The largest absolute Gasteiger partial charge is 0.453 e. The van der Waals surface area contributed by atoms with Crippen LogP contribution in [0, 0.1) is 11.6 Å². The number of aliphatic hydroxyl groups excluding tert-OH is 1. The Bertz CT molecular complexity index is 1700. The molecule has 0 atom stereocenters. The Morgan fingerprint density at radius 1 is 1.03 bits per heavy atom. The van der Waals surface area contributed by atoms with Gasteiger partial charge >= 0.3 is 0 Å². The van der Waals surface area contributed by atoms with E-state index < -0.39 is 23.1 Å². The van der Waals surface area contributed by atoms with Crippen LogP contribution in [0.5, 0.6) is 11.5 Å². The summed E-state index contributed by atoms with van der Waals surface area (Å²) in [5.74, 6) is -1.74. The minimum absolute atomic E-state index is 0.0730. The second kappa shape index (κ2) is 11.2. The molecule has 2 aromatic carbocycles. The van der Waals surface area contributed by atoms with E-state index in [0.717, 1.165) is 10.7 Å². The number of unbranched alkanes of at least 4 members (excludes halogenated alkanes) is 1. The number of nitrogens with zero attached hydrogens (tertiary/aromatic N) is 4. The second-order valence-corrected chi connectivity index (χ2v) is 8.52. The molecule has 0 unspecified atom stereocenters. The second-order valence-electron chi connectivity index (χ2n) is 8.52. The smallest absolute Gasteiger partial charge is 0.284 e. The van der Waals surface area contributed by atoms with Crippen LogP contribution >= 0.6 is 0 Å². The fourth-order valence-corrected chi connectivity index (χ4v) is 3.98. The van der Waals surface area contributed by atoms with E-state index >= 15 is 4.39 Å². The van der Waals surface area contributed by atoms with Crippen LogP contribution in [-0.2, 0) is 6.42 Å². The lowest BCUT2D eigenvalue weighted by atomic mass is 10.1. The van der Waals surface area contributed by atoms with Crippen LogP contribution in [0.2, 0.25) is 0 Å². The number of H-pyrrole nitrogens is 1.